The first-order valence-electron chi connectivity index (χ1n) is 8.50. The first kappa shape index (κ1) is 21.6. The number of hydrogen-bond donors (Lipinski definition) is 2. The summed E-state index contributed by atoms with van der Waals surface area (Å²) in [4.78, 5) is 0.0705. The number of thiocarbonyl (C=S) groups is 1. The maximum Gasteiger partial charge on any atom is 0.339 e. The van der Waals surface area contributed by atoms with Crippen LogP contribution in [-0.2, 0) is 10.1 Å². The summed E-state index contributed by atoms with van der Waals surface area (Å²) in [5.41, 5.74) is 4.33. The summed E-state index contributed by atoms with van der Waals surface area (Å²) in [6.07, 6.45) is 1.54. The van der Waals surface area contributed by atoms with E-state index in [9.17, 15) is 8.42 Å². The van der Waals surface area contributed by atoms with Crippen LogP contribution in [0.1, 0.15) is 25.0 Å². The van der Waals surface area contributed by atoms with Crippen molar-refractivity contribution in [3.63, 3.8) is 0 Å². The third-order valence-corrected chi connectivity index (χ3v) is 4.95. The maximum absolute atomic E-state index is 12.5. The number of aryl methyl sites for hydroxylation is 1. The van der Waals surface area contributed by atoms with Gasteiger partial charge < -0.3 is 14.2 Å². The van der Waals surface area contributed by atoms with E-state index >= 15 is 0 Å². The molecule has 2 rings (SSSR count). The first-order chi connectivity index (χ1) is 13.2. The van der Waals surface area contributed by atoms with Gasteiger partial charge in [0.05, 0.1) is 13.3 Å². The Kier molecular flexibility index (Phi) is 7.36. The number of nitrogens with one attached hydrogen (secondary N) is 2. The molecule has 0 spiro atoms. The summed E-state index contributed by atoms with van der Waals surface area (Å²) in [7, 11) is -2.53. The van der Waals surface area contributed by atoms with Crippen LogP contribution in [0, 0.1) is 6.92 Å². The monoisotopic (exact) mass is 421 g/mol. The Morgan fingerprint density at radius 2 is 1.82 bits per heavy atom. The fraction of sp³-hybridized carbons (Fsp3) is 0.263. The molecule has 0 atom stereocenters. The fourth-order valence-corrected chi connectivity index (χ4v) is 3.39. The van der Waals surface area contributed by atoms with Crippen molar-refractivity contribution < 1.29 is 17.3 Å². The van der Waals surface area contributed by atoms with Crippen molar-refractivity contribution in [1.29, 1.82) is 0 Å². The van der Waals surface area contributed by atoms with Crippen molar-refractivity contribution in [2.45, 2.75) is 31.7 Å². The molecule has 0 fully saturated rings. The van der Waals surface area contributed by atoms with E-state index < -0.39 is 10.1 Å². The summed E-state index contributed by atoms with van der Waals surface area (Å²) in [5.74, 6) is 0.354. The van der Waals surface area contributed by atoms with Crippen LogP contribution < -0.4 is 19.7 Å². The van der Waals surface area contributed by atoms with Crippen LogP contribution in [0.3, 0.4) is 0 Å². The summed E-state index contributed by atoms with van der Waals surface area (Å²) in [5, 5.41) is 7.44. The minimum Gasteiger partial charge on any atom is -0.493 e. The smallest absolute Gasteiger partial charge is 0.339 e. The van der Waals surface area contributed by atoms with E-state index in [1.165, 1.54) is 31.5 Å². The average Bonchev–Trinajstić information content (AvgIpc) is 2.62. The summed E-state index contributed by atoms with van der Waals surface area (Å²) < 4.78 is 35.4. The van der Waals surface area contributed by atoms with E-state index in [-0.39, 0.29) is 22.4 Å². The van der Waals surface area contributed by atoms with Gasteiger partial charge in [0.1, 0.15) is 4.90 Å². The average molecular weight is 422 g/mol. The van der Waals surface area contributed by atoms with Crippen LogP contribution in [0.15, 0.2) is 52.5 Å². The molecule has 0 saturated heterocycles. The van der Waals surface area contributed by atoms with Gasteiger partial charge in [-0.1, -0.05) is 17.7 Å². The van der Waals surface area contributed by atoms with Gasteiger partial charge in [-0.05, 0) is 68.9 Å². The van der Waals surface area contributed by atoms with Gasteiger partial charge in [0.2, 0.25) is 0 Å². The lowest BCUT2D eigenvalue weighted by Crippen LogP contribution is -2.36. The van der Waals surface area contributed by atoms with Gasteiger partial charge in [0.25, 0.3) is 0 Å². The molecule has 2 aromatic carbocycles. The first-order valence-corrected chi connectivity index (χ1v) is 10.3. The van der Waals surface area contributed by atoms with Crippen molar-refractivity contribution >= 4 is 33.7 Å². The third-order valence-electron chi connectivity index (χ3n) is 3.50. The minimum absolute atomic E-state index is 0.0705. The van der Waals surface area contributed by atoms with E-state index in [1.54, 1.807) is 24.3 Å². The molecule has 28 heavy (non-hydrogen) atoms. The Balaban J connectivity index is 2.14. The van der Waals surface area contributed by atoms with Crippen molar-refractivity contribution in [3.8, 4) is 11.5 Å². The number of nitrogens with zero attached hydrogens (tertiary/aromatic N) is 1. The van der Waals surface area contributed by atoms with Gasteiger partial charge in [-0.2, -0.15) is 13.5 Å². The van der Waals surface area contributed by atoms with Crippen molar-refractivity contribution in [2.24, 2.45) is 5.10 Å². The molecule has 0 unspecified atom stereocenters. The zero-order valence-electron chi connectivity index (χ0n) is 16.1. The van der Waals surface area contributed by atoms with E-state index in [0.29, 0.717) is 10.7 Å². The SMILES string of the molecule is COc1cc(/C=N/NC(=S)NC(C)C)ccc1OS(=O)(=O)c1ccc(C)cc1. The molecule has 0 aliphatic heterocycles. The quantitative estimate of drug-likeness (QED) is 0.307. The number of benzene rings is 2. The maximum atomic E-state index is 12.5. The topological polar surface area (TPSA) is 89.0 Å². The molecule has 0 aliphatic rings. The zero-order chi connectivity index (χ0) is 20.7. The normalized spacial score (nSPS) is 11.5. The van der Waals surface area contributed by atoms with E-state index in [1.807, 2.05) is 20.8 Å². The molecule has 150 valence electrons. The Hall–Kier alpha value is -2.65. The van der Waals surface area contributed by atoms with E-state index in [2.05, 4.69) is 15.8 Å². The van der Waals surface area contributed by atoms with Crippen LogP contribution >= 0.6 is 12.2 Å². The zero-order valence-corrected chi connectivity index (χ0v) is 17.7. The molecular formula is C19H23N3O4S2. The number of ether oxygens (including phenoxy) is 1. The van der Waals surface area contributed by atoms with Gasteiger partial charge >= 0.3 is 10.1 Å². The third kappa shape index (κ3) is 6.21. The highest BCUT2D eigenvalue weighted by Gasteiger charge is 2.19. The summed E-state index contributed by atoms with van der Waals surface area (Å²) >= 11 is 5.08. The van der Waals surface area contributed by atoms with Crippen LogP contribution in [0.25, 0.3) is 0 Å². The Bertz CT molecular complexity index is 956. The van der Waals surface area contributed by atoms with Crippen molar-refractivity contribution in [3.05, 3.63) is 53.6 Å². The molecule has 0 aliphatic carbocycles. The number of methoxy groups -OCH3 is 1. The van der Waals surface area contributed by atoms with E-state index in [4.69, 9.17) is 21.1 Å². The van der Waals surface area contributed by atoms with Crippen LogP contribution in [0.2, 0.25) is 0 Å². The molecule has 0 heterocycles. The molecule has 0 saturated carbocycles. The highest BCUT2D eigenvalue weighted by atomic mass is 32.2. The molecule has 7 nitrogen and oxygen atoms in total. The summed E-state index contributed by atoms with van der Waals surface area (Å²) in [6, 6.07) is 11.4. The van der Waals surface area contributed by atoms with E-state index in [0.717, 1.165) is 5.56 Å². The molecule has 0 radical (unpaired) electrons. The van der Waals surface area contributed by atoms with Crippen LogP contribution in [0.5, 0.6) is 11.5 Å². The Labute approximate surface area is 170 Å². The molecule has 0 bridgehead atoms. The lowest BCUT2D eigenvalue weighted by atomic mass is 10.2. The number of rotatable bonds is 7. The second-order valence-corrected chi connectivity index (χ2v) is 8.21. The Morgan fingerprint density at radius 3 is 2.43 bits per heavy atom. The van der Waals surface area contributed by atoms with Gasteiger partial charge in [-0.25, -0.2) is 0 Å². The minimum atomic E-state index is -3.97. The molecular weight excluding hydrogens is 398 g/mol. The molecule has 2 N–H and O–H groups in total. The fourth-order valence-electron chi connectivity index (χ4n) is 2.16. The Morgan fingerprint density at radius 1 is 1.14 bits per heavy atom. The second kappa shape index (κ2) is 9.52. The van der Waals surface area contributed by atoms with Gasteiger partial charge in [-0.3, -0.25) is 5.43 Å². The molecule has 0 aromatic heterocycles. The molecule has 2 aromatic rings. The lowest BCUT2D eigenvalue weighted by molar-refractivity contribution is 0.390. The van der Waals surface area contributed by atoms with Gasteiger partial charge in [0.15, 0.2) is 16.6 Å². The lowest BCUT2D eigenvalue weighted by Gasteiger charge is -2.12. The van der Waals surface area contributed by atoms with Crippen molar-refractivity contribution in [1.82, 2.24) is 10.7 Å². The second-order valence-electron chi connectivity index (χ2n) is 6.26. The highest BCUT2D eigenvalue weighted by molar-refractivity contribution is 7.87. The summed E-state index contributed by atoms with van der Waals surface area (Å²) in [6.45, 7) is 5.80. The van der Waals surface area contributed by atoms with Crippen molar-refractivity contribution in [2.75, 3.05) is 7.11 Å². The van der Waals surface area contributed by atoms with Gasteiger partial charge in [-0.15, -0.1) is 0 Å². The largest absolute Gasteiger partial charge is 0.493 e. The van der Waals surface area contributed by atoms with Crippen LogP contribution in [-0.4, -0.2) is 32.9 Å². The number of hydrazone groups is 1. The highest BCUT2D eigenvalue weighted by Crippen LogP contribution is 2.30. The predicted octanol–water partition coefficient (Wildman–Crippen LogP) is 2.98. The molecule has 0 amide bonds. The standard InChI is InChI=1S/C19H23N3O4S2/c1-13(2)21-19(27)22-20-12-15-7-10-17(18(11-15)25-4)26-28(23,24)16-8-5-14(3)6-9-16/h5-13H,1-4H3,(H2,21,22,27)/b20-12+. The molecule has 9 heteroatoms. The number of hydrogen-bond acceptors (Lipinski definition) is 6. The van der Waals surface area contributed by atoms with Crippen LogP contribution in [0.4, 0.5) is 0 Å². The van der Waals surface area contributed by atoms with Gasteiger partial charge in [0, 0.05) is 6.04 Å². The predicted molar refractivity (Wildman–Crippen MR) is 114 cm³/mol.